The minimum absolute atomic E-state index is 0.0321. The topological polar surface area (TPSA) is 128 Å². The highest BCUT2D eigenvalue weighted by Gasteiger charge is 2.51. The Morgan fingerprint density at radius 3 is 1.72 bits per heavy atom. The Kier molecular flexibility index (Phi) is 13.5. The van der Waals surface area contributed by atoms with Gasteiger partial charge in [0.05, 0.1) is 37.6 Å². The van der Waals surface area contributed by atoms with Crippen LogP contribution in [0.15, 0.2) is 36.2 Å². The monoisotopic (exact) mass is 717 g/mol. The molecule has 1 fully saturated rings. The first-order valence-corrected chi connectivity index (χ1v) is 27.6. The molecule has 2 aliphatic rings. The smallest absolute Gasteiger partial charge is 0.353 e. The maximum absolute atomic E-state index is 13.4. The van der Waals surface area contributed by atoms with Crippen molar-refractivity contribution in [1.29, 1.82) is 0 Å². The zero-order chi connectivity index (χ0) is 34.5. The van der Waals surface area contributed by atoms with Crippen LogP contribution in [0, 0.1) is 0 Å². The quantitative estimate of drug-likeness (QED) is 0.0769. The summed E-state index contributed by atoms with van der Waals surface area (Å²) in [7, 11) is -10.2. The maximum atomic E-state index is 13.4. The Labute approximate surface area is 276 Å². The van der Waals surface area contributed by atoms with Crippen LogP contribution >= 0.6 is 7.60 Å². The van der Waals surface area contributed by atoms with Crippen molar-refractivity contribution in [3.63, 3.8) is 0 Å². The van der Waals surface area contributed by atoms with Gasteiger partial charge >= 0.3 is 7.60 Å². The van der Waals surface area contributed by atoms with E-state index in [0.717, 1.165) is 5.06 Å². The second-order valence-electron chi connectivity index (χ2n) is 13.9. The fourth-order valence-electron chi connectivity index (χ4n) is 4.99. The molecule has 2 amide bonds. The van der Waals surface area contributed by atoms with E-state index in [1.54, 1.807) is 44.2 Å². The van der Waals surface area contributed by atoms with Crippen LogP contribution in [0.4, 0.5) is 0 Å². The van der Waals surface area contributed by atoms with E-state index < -0.39 is 75.1 Å². The summed E-state index contributed by atoms with van der Waals surface area (Å²) in [6, 6.07) is 6.57. The molecule has 2 unspecified atom stereocenters. The molecule has 0 bridgehead atoms. The van der Waals surface area contributed by atoms with Gasteiger partial charge in [-0.1, -0.05) is 12.1 Å². The van der Waals surface area contributed by atoms with E-state index in [2.05, 4.69) is 58.9 Å². The van der Waals surface area contributed by atoms with Gasteiger partial charge in [0.1, 0.15) is 24.4 Å². The number of fused-ring (bicyclic) bond motifs is 1. The number of hydroxylamine groups is 2. The number of benzene rings is 1. The number of nitrogens with zero attached hydrogens (tertiary/aromatic N) is 1. The van der Waals surface area contributed by atoms with Gasteiger partial charge in [-0.2, -0.15) is 0 Å². The summed E-state index contributed by atoms with van der Waals surface area (Å²) in [5, 5.41) is 0.755. The molecule has 260 valence electrons. The van der Waals surface area contributed by atoms with Gasteiger partial charge in [0.2, 0.25) is 0 Å². The van der Waals surface area contributed by atoms with E-state index in [1.807, 2.05) is 0 Å². The van der Waals surface area contributed by atoms with E-state index in [4.69, 9.17) is 36.6 Å². The Bertz CT molecular complexity index is 1230. The molecular formula is C30H52NO11PSi3. The number of carbonyl (C=O) groups excluding carboxylic acids is 2. The maximum Gasteiger partial charge on any atom is 0.353 e. The molecule has 0 spiro atoms. The summed E-state index contributed by atoms with van der Waals surface area (Å²) < 4.78 is 57.4. The first-order valence-electron chi connectivity index (χ1n) is 15.8. The van der Waals surface area contributed by atoms with Crippen molar-refractivity contribution in [2.75, 3.05) is 26.4 Å². The molecule has 2 aliphatic heterocycles. The Balaban J connectivity index is 1.92. The van der Waals surface area contributed by atoms with E-state index in [-0.39, 0.29) is 26.4 Å². The van der Waals surface area contributed by atoms with E-state index in [0.29, 0.717) is 11.1 Å². The molecule has 12 nitrogen and oxygen atoms in total. The van der Waals surface area contributed by atoms with Crippen molar-refractivity contribution in [3.8, 4) is 0 Å². The standard InChI is InChI=1S/C30H52NO11PSi3/c1-12-37-43(34,38-13-2)21-18-24-25(40-44(3,4)5)26(41-45(6,7)8)27(42-46(9,10)11)30(39-24)35-19-20-36-31-28(32)22-16-14-15-17-23(22)29(31)33/h14-18,21,24-27,30H,12-13,19-20H2,1-11H3/b21-18+/t24?,25-,26?,27-,30+/m1/s1. The molecule has 0 aromatic heterocycles. The third-order valence-corrected chi connectivity index (χ3v) is 11.1. The summed E-state index contributed by atoms with van der Waals surface area (Å²) in [5.41, 5.74) is 0.580. The third-order valence-electron chi connectivity index (χ3n) is 6.42. The lowest BCUT2D eigenvalue weighted by Gasteiger charge is -2.50. The summed E-state index contributed by atoms with van der Waals surface area (Å²) in [4.78, 5) is 31.1. The predicted molar refractivity (Wildman–Crippen MR) is 182 cm³/mol. The average molecular weight is 718 g/mol. The molecule has 0 aliphatic carbocycles. The number of imide groups is 1. The molecular weight excluding hydrogens is 666 g/mol. The lowest BCUT2D eigenvalue weighted by atomic mass is 9.99. The van der Waals surface area contributed by atoms with Crippen molar-refractivity contribution in [2.24, 2.45) is 0 Å². The van der Waals surface area contributed by atoms with Gasteiger partial charge in [0.25, 0.3) is 11.8 Å². The van der Waals surface area contributed by atoms with Crippen LogP contribution in [0.5, 0.6) is 0 Å². The minimum atomic E-state index is -3.56. The van der Waals surface area contributed by atoms with Gasteiger partial charge in [0.15, 0.2) is 31.2 Å². The predicted octanol–water partition coefficient (Wildman–Crippen LogP) is 6.40. The number of hydrogen-bond acceptors (Lipinski definition) is 11. The molecule has 16 heteroatoms. The van der Waals surface area contributed by atoms with Crippen LogP contribution in [0.25, 0.3) is 0 Å². The molecule has 1 aromatic carbocycles. The van der Waals surface area contributed by atoms with Crippen molar-refractivity contribution in [1.82, 2.24) is 5.06 Å². The lowest BCUT2D eigenvalue weighted by Crippen LogP contribution is -2.65. The molecule has 1 saturated heterocycles. The fraction of sp³-hybridized carbons (Fsp3) is 0.667. The molecule has 0 radical (unpaired) electrons. The Hall–Kier alpha value is -1.34. The molecule has 0 N–H and O–H groups in total. The molecule has 5 atom stereocenters. The Morgan fingerprint density at radius 1 is 0.761 bits per heavy atom. The lowest BCUT2D eigenvalue weighted by molar-refractivity contribution is -0.281. The number of hydrogen-bond donors (Lipinski definition) is 0. The van der Waals surface area contributed by atoms with Crippen molar-refractivity contribution >= 4 is 44.4 Å². The van der Waals surface area contributed by atoms with Gasteiger partial charge in [-0.3, -0.25) is 19.0 Å². The van der Waals surface area contributed by atoms with E-state index >= 15 is 0 Å². The summed E-state index contributed by atoms with van der Waals surface area (Å²) in [6.07, 6.45) is -1.93. The van der Waals surface area contributed by atoms with Crippen molar-refractivity contribution < 1.29 is 50.8 Å². The fourth-order valence-corrected chi connectivity index (χ4v) is 9.57. The van der Waals surface area contributed by atoms with Gasteiger partial charge < -0.3 is 31.8 Å². The highest BCUT2D eigenvalue weighted by molar-refractivity contribution is 7.57. The van der Waals surface area contributed by atoms with Crippen LogP contribution in [0.3, 0.4) is 0 Å². The highest BCUT2D eigenvalue weighted by atomic mass is 31.2. The molecule has 0 saturated carbocycles. The molecule has 2 heterocycles. The second-order valence-corrected chi connectivity index (χ2v) is 29.2. The summed E-state index contributed by atoms with van der Waals surface area (Å²) in [6.45, 7) is 22.5. The highest BCUT2D eigenvalue weighted by Crippen LogP contribution is 2.50. The second kappa shape index (κ2) is 15.9. The largest absolute Gasteiger partial charge is 0.409 e. The van der Waals surface area contributed by atoms with Crippen molar-refractivity contribution in [2.45, 2.75) is 103 Å². The summed E-state index contributed by atoms with van der Waals surface area (Å²) >= 11 is 0. The van der Waals surface area contributed by atoms with Gasteiger partial charge in [-0.05, 0) is 91.0 Å². The molecule has 3 rings (SSSR count). The normalized spacial score (nSPS) is 24.7. The summed E-state index contributed by atoms with van der Waals surface area (Å²) in [5.74, 6) is 0.365. The van der Waals surface area contributed by atoms with Gasteiger partial charge in [-0.15, -0.1) is 5.06 Å². The van der Waals surface area contributed by atoms with Crippen LogP contribution in [0.1, 0.15) is 34.6 Å². The van der Waals surface area contributed by atoms with Gasteiger partial charge in [-0.25, -0.2) is 0 Å². The van der Waals surface area contributed by atoms with Crippen LogP contribution < -0.4 is 0 Å². The zero-order valence-electron chi connectivity index (χ0n) is 29.1. The number of rotatable bonds is 17. The first-order chi connectivity index (χ1) is 21.3. The molecule has 1 aromatic rings. The van der Waals surface area contributed by atoms with E-state index in [1.165, 1.54) is 5.82 Å². The number of ether oxygens (including phenoxy) is 2. The molecule has 46 heavy (non-hydrogen) atoms. The van der Waals surface area contributed by atoms with Gasteiger partial charge in [0, 0.05) is 5.82 Å². The third kappa shape index (κ3) is 11.1. The van der Waals surface area contributed by atoms with Crippen LogP contribution in [0.2, 0.25) is 58.9 Å². The number of carbonyl (C=O) groups is 2. The zero-order valence-corrected chi connectivity index (χ0v) is 33.0. The Morgan fingerprint density at radius 2 is 1.24 bits per heavy atom. The van der Waals surface area contributed by atoms with E-state index in [9.17, 15) is 14.2 Å². The SMILES string of the molecule is CCOP(=O)(/C=C/C1O[C@H](OCCON2C(=O)c3ccccc3C2=O)[C@H](O[Si](C)(C)C)C(O[Si](C)(C)C)[C@@H]1O[Si](C)(C)C)OCC. The minimum Gasteiger partial charge on any atom is -0.409 e. The average Bonchev–Trinajstić information content (AvgIpc) is 3.16. The van der Waals surface area contributed by atoms with Crippen LogP contribution in [-0.4, -0.2) is 99.0 Å². The van der Waals surface area contributed by atoms with Crippen LogP contribution in [-0.2, 0) is 41.2 Å². The first kappa shape index (κ1) is 39.1. The van der Waals surface area contributed by atoms with Crippen molar-refractivity contribution in [3.05, 3.63) is 47.3 Å². The number of amides is 2.